The van der Waals surface area contributed by atoms with E-state index in [-0.39, 0.29) is 0 Å². The number of rotatable bonds is 3. The molecular formula is C22H27N5O. The van der Waals surface area contributed by atoms with Gasteiger partial charge in [-0.3, -0.25) is 4.68 Å². The number of para-hydroxylation sites is 1. The molecule has 3 aromatic rings. The van der Waals surface area contributed by atoms with Crippen LogP contribution < -0.4 is 4.90 Å². The third kappa shape index (κ3) is 2.82. The van der Waals surface area contributed by atoms with Gasteiger partial charge in [0.25, 0.3) is 11.8 Å². The van der Waals surface area contributed by atoms with Crippen molar-refractivity contribution in [1.29, 1.82) is 0 Å². The molecule has 0 spiro atoms. The van der Waals surface area contributed by atoms with E-state index in [1.807, 2.05) is 0 Å². The first-order valence-corrected chi connectivity index (χ1v) is 10.3. The zero-order valence-corrected chi connectivity index (χ0v) is 16.9. The first-order chi connectivity index (χ1) is 13.6. The van der Waals surface area contributed by atoms with Crippen molar-refractivity contribution in [3.63, 3.8) is 0 Å². The lowest BCUT2D eigenvalue weighted by Crippen LogP contribution is -2.25. The van der Waals surface area contributed by atoms with Gasteiger partial charge in [-0.25, -0.2) is 0 Å². The summed E-state index contributed by atoms with van der Waals surface area (Å²) in [6.07, 6.45) is 5.41. The molecule has 0 N–H and O–H groups in total. The van der Waals surface area contributed by atoms with Crippen LogP contribution in [-0.4, -0.2) is 26.5 Å². The van der Waals surface area contributed by atoms with Crippen LogP contribution in [0.15, 0.2) is 28.8 Å². The lowest BCUT2D eigenvalue weighted by molar-refractivity contribution is 0.304. The van der Waals surface area contributed by atoms with E-state index in [4.69, 9.17) is 14.6 Å². The van der Waals surface area contributed by atoms with Crippen LogP contribution in [0.3, 0.4) is 0 Å². The van der Waals surface area contributed by atoms with Crippen molar-refractivity contribution in [2.24, 2.45) is 5.41 Å². The number of fused-ring (bicyclic) bond motifs is 2. The molecule has 1 aliphatic heterocycles. The molecule has 2 aliphatic rings. The SMILES string of the molecule is CCn1nc(-c2nc(N3CCCc4ccccc43)no2)c2c1CC(C)(C)CC2. The van der Waals surface area contributed by atoms with Gasteiger partial charge in [-0.2, -0.15) is 10.1 Å². The van der Waals surface area contributed by atoms with Crippen LogP contribution in [0.5, 0.6) is 0 Å². The normalized spacial score (nSPS) is 18.0. The molecular weight excluding hydrogens is 350 g/mol. The van der Waals surface area contributed by atoms with Gasteiger partial charge in [0.15, 0.2) is 5.69 Å². The smallest absolute Gasteiger partial charge is 0.280 e. The summed E-state index contributed by atoms with van der Waals surface area (Å²) in [5.41, 5.74) is 6.33. The fourth-order valence-electron chi connectivity index (χ4n) is 4.60. The second kappa shape index (κ2) is 6.47. The quantitative estimate of drug-likeness (QED) is 0.670. The van der Waals surface area contributed by atoms with Gasteiger partial charge in [0.1, 0.15) is 0 Å². The van der Waals surface area contributed by atoms with E-state index in [9.17, 15) is 0 Å². The molecule has 0 amide bonds. The van der Waals surface area contributed by atoms with Crippen LogP contribution in [-0.2, 0) is 25.8 Å². The number of aromatic nitrogens is 4. The Kier molecular flexibility index (Phi) is 4.03. The minimum atomic E-state index is 0.314. The number of benzene rings is 1. The summed E-state index contributed by atoms with van der Waals surface area (Å²) in [4.78, 5) is 6.93. The van der Waals surface area contributed by atoms with E-state index in [1.54, 1.807) is 0 Å². The Bertz CT molecular complexity index is 1020. The molecule has 28 heavy (non-hydrogen) atoms. The molecule has 6 nitrogen and oxygen atoms in total. The standard InChI is InChI=1S/C22H27N5O/c1-4-27-18-14-22(2,3)12-11-16(18)19(24-27)20-23-21(25-28-20)26-13-7-9-15-8-5-6-10-17(15)26/h5-6,8,10H,4,7,9,11-14H2,1-3H3. The minimum Gasteiger partial charge on any atom is -0.330 e. The first-order valence-electron chi connectivity index (χ1n) is 10.3. The van der Waals surface area contributed by atoms with E-state index in [2.05, 4.69) is 59.8 Å². The Morgan fingerprint density at radius 1 is 1.18 bits per heavy atom. The maximum absolute atomic E-state index is 5.72. The monoisotopic (exact) mass is 377 g/mol. The van der Waals surface area contributed by atoms with E-state index in [1.165, 1.54) is 22.5 Å². The van der Waals surface area contributed by atoms with Gasteiger partial charge in [-0.05, 0) is 61.2 Å². The maximum Gasteiger partial charge on any atom is 0.280 e. The molecule has 5 rings (SSSR count). The Morgan fingerprint density at radius 2 is 2.04 bits per heavy atom. The summed E-state index contributed by atoms with van der Waals surface area (Å²) in [6, 6.07) is 8.48. The minimum absolute atomic E-state index is 0.314. The largest absolute Gasteiger partial charge is 0.330 e. The van der Waals surface area contributed by atoms with Crippen molar-refractivity contribution in [2.45, 2.75) is 59.4 Å². The third-order valence-corrected chi connectivity index (χ3v) is 6.13. The summed E-state index contributed by atoms with van der Waals surface area (Å²) in [7, 11) is 0. The molecule has 0 fully saturated rings. The highest BCUT2D eigenvalue weighted by molar-refractivity contribution is 5.65. The first kappa shape index (κ1) is 17.5. The summed E-state index contributed by atoms with van der Waals surface area (Å²) < 4.78 is 7.83. The lowest BCUT2D eigenvalue weighted by atomic mass is 9.76. The molecule has 0 saturated carbocycles. The summed E-state index contributed by atoms with van der Waals surface area (Å²) in [6.45, 7) is 8.58. The summed E-state index contributed by atoms with van der Waals surface area (Å²) >= 11 is 0. The molecule has 6 heteroatoms. The van der Waals surface area contributed by atoms with Gasteiger partial charge >= 0.3 is 0 Å². The Hall–Kier alpha value is -2.63. The Balaban J connectivity index is 1.53. The number of hydrogen-bond acceptors (Lipinski definition) is 5. The lowest BCUT2D eigenvalue weighted by Gasteiger charge is -2.30. The molecule has 3 heterocycles. The molecule has 0 bridgehead atoms. The molecule has 146 valence electrons. The topological polar surface area (TPSA) is 60.0 Å². The molecule has 1 aromatic carbocycles. The van der Waals surface area contributed by atoms with Crippen LogP contribution in [0.25, 0.3) is 11.6 Å². The highest BCUT2D eigenvalue weighted by atomic mass is 16.5. The average molecular weight is 377 g/mol. The molecule has 0 radical (unpaired) electrons. The summed E-state index contributed by atoms with van der Waals surface area (Å²) in [5, 5.41) is 9.17. The van der Waals surface area contributed by atoms with E-state index in [0.29, 0.717) is 17.3 Å². The zero-order chi connectivity index (χ0) is 19.3. The van der Waals surface area contributed by atoms with Gasteiger partial charge < -0.3 is 9.42 Å². The highest BCUT2D eigenvalue weighted by Crippen LogP contribution is 2.39. The van der Waals surface area contributed by atoms with Crippen molar-refractivity contribution >= 4 is 11.6 Å². The van der Waals surface area contributed by atoms with Crippen molar-refractivity contribution in [1.82, 2.24) is 19.9 Å². The summed E-state index contributed by atoms with van der Waals surface area (Å²) in [5.74, 6) is 1.18. The fourth-order valence-corrected chi connectivity index (χ4v) is 4.60. The molecule has 1 aliphatic carbocycles. The number of hydrogen-bond donors (Lipinski definition) is 0. The molecule has 0 atom stereocenters. The fraction of sp³-hybridized carbons (Fsp3) is 0.500. The third-order valence-electron chi connectivity index (χ3n) is 6.13. The van der Waals surface area contributed by atoms with Crippen LogP contribution >= 0.6 is 0 Å². The highest BCUT2D eigenvalue weighted by Gasteiger charge is 2.33. The van der Waals surface area contributed by atoms with Crippen LogP contribution in [0.2, 0.25) is 0 Å². The number of anilines is 2. The van der Waals surface area contributed by atoms with E-state index in [0.717, 1.165) is 50.9 Å². The van der Waals surface area contributed by atoms with Crippen molar-refractivity contribution < 1.29 is 4.52 Å². The van der Waals surface area contributed by atoms with Crippen LogP contribution in [0, 0.1) is 5.41 Å². The Labute approximate surface area is 165 Å². The van der Waals surface area contributed by atoms with Crippen molar-refractivity contribution in [2.75, 3.05) is 11.4 Å². The number of aryl methyl sites for hydroxylation is 2. The van der Waals surface area contributed by atoms with Crippen molar-refractivity contribution in [3.05, 3.63) is 41.1 Å². The van der Waals surface area contributed by atoms with E-state index >= 15 is 0 Å². The van der Waals surface area contributed by atoms with Gasteiger partial charge in [-0.1, -0.05) is 32.0 Å². The van der Waals surface area contributed by atoms with Crippen LogP contribution in [0.1, 0.15) is 50.4 Å². The molecule has 0 unspecified atom stereocenters. The van der Waals surface area contributed by atoms with Crippen LogP contribution in [0.4, 0.5) is 11.6 Å². The average Bonchev–Trinajstić information content (AvgIpc) is 3.31. The number of nitrogens with zero attached hydrogens (tertiary/aromatic N) is 5. The van der Waals surface area contributed by atoms with Gasteiger partial charge in [-0.15, -0.1) is 0 Å². The van der Waals surface area contributed by atoms with Gasteiger partial charge in [0.2, 0.25) is 0 Å². The molecule has 2 aromatic heterocycles. The molecule has 0 saturated heterocycles. The zero-order valence-electron chi connectivity index (χ0n) is 16.9. The second-order valence-corrected chi connectivity index (χ2v) is 8.71. The van der Waals surface area contributed by atoms with Gasteiger partial charge in [0.05, 0.1) is 0 Å². The van der Waals surface area contributed by atoms with Gasteiger partial charge in [0, 0.05) is 30.0 Å². The predicted octanol–water partition coefficient (Wildman–Crippen LogP) is 4.55. The predicted molar refractivity (Wildman–Crippen MR) is 109 cm³/mol. The Morgan fingerprint density at radius 3 is 2.89 bits per heavy atom. The van der Waals surface area contributed by atoms with Crippen molar-refractivity contribution in [3.8, 4) is 11.6 Å². The van der Waals surface area contributed by atoms with E-state index < -0.39 is 0 Å². The second-order valence-electron chi connectivity index (χ2n) is 8.71. The maximum atomic E-state index is 5.72.